The number of pyridine rings is 1. The highest BCUT2D eigenvalue weighted by atomic mass is 32.2. The Morgan fingerprint density at radius 1 is 0.917 bits per heavy atom. The molecule has 1 N–H and O–H groups in total. The molecule has 2 aromatic heterocycles. The standard InChI is InChI=1S/C27H19F2N3O3S/c28-20-11-19(12-21(29)15-20)17-3-6-25(23(14-17)16-1-2-16)32-24-7-5-22(13-18(24)4-8-27(32)33)36(34)31-26-9-10-35-30-26/h3-16H,1-2H2,(H,30,31). The van der Waals surface area contributed by atoms with Crippen LogP contribution in [0.25, 0.3) is 27.7 Å². The van der Waals surface area contributed by atoms with Crippen molar-refractivity contribution in [2.45, 2.75) is 23.7 Å². The summed E-state index contributed by atoms with van der Waals surface area (Å²) in [6, 6.07) is 18.9. The molecule has 5 aromatic rings. The van der Waals surface area contributed by atoms with Crippen molar-refractivity contribution in [3.63, 3.8) is 0 Å². The first-order valence-electron chi connectivity index (χ1n) is 11.3. The Hall–Kier alpha value is -4.11. The minimum absolute atomic E-state index is 0.205. The molecule has 1 unspecified atom stereocenters. The van der Waals surface area contributed by atoms with Crippen molar-refractivity contribution in [2.75, 3.05) is 4.72 Å². The molecule has 36 heavy (non-hydrogen) atoms. The first-order valence-corrected chi connectivity index (χ1v) is 12.5. The average Bonchev–Trinajstić information content (AvgIpc) is 3.59. The minimum Gasteiger partial charge on any atom is -0.363 e. The molecular formula is C27H19F2N3O3S. The number of fused-ring (bicyclic) bond motifs is 1. The van der Waals surface area contributed by atoms with Crippen molar-refractivity contribution in [3.05, 3.63) is 107 Å². The van der Waals surface area contributed by atoms with Gasteiger partial charge in [0.2, 0.25) is 0 Å². The van der Waals surface area contributed by atoms with E-state index < -0.39 is 22.6 Å². The molecule has 6 nitrogen and oxygen atoms in total. The van der Waals surface area contributed by atoms with Crippen molar-refractivity contribution < 1.29 is 17.5 Å². The molecule has 180 valence electrons. The van der Waals surface area contributed by atoms with E-state index in [4.69, 9.17) is 4.52 Å². The summed E-state index contributed by atoms with van der Waals surface area (Å²) in [5, 5.41) is 4.45. The second kappa shape index (κ2) is 8.83. The molecular weight excluding hydrogens is 484 g/mol. The lowest BCUT2D eigenvalue weighted by molar-refractivity contribution is 0.423. The third-order valence-corrected chi connectivity index (χ3v) is 7.27. The van der Waals surface area contributed by atoms with Crippen LogP contribution in [0.2, 0.25) is 0 Å². The first kappa shape index (κ1) is 22.4. The number of aromatic nitrogens is 2. The lowest BCUT2D eigenvalue weighted by Crippen LogP contribution is -2.19. The maximum atomic E-state index is 13.8. The number of rotatable bonds is 6. The van der Waals surface area contributed by atoms with Crippen LogP contribution in [0.4, 0.5) is 14.6 Å². The van der Waals surface area contributed by atoms with E-state index in [2.05, 4.69) is 9.88 Å². The van der Waals surface area contributed by atoms with Gasteiger partial charge in [-0.1, -0.05) is 11.2 Å². The zero-order chi connectivity index (χ0) is 24.8. The van der Waals surface area contributed by atoms with Crippen molar-refractivity contribution in [2.24, 2.45) is 0 Å². The molecule has 0 saturated heterocycles. The maximum absolute atomic E-state index is 13.8. The SMILES string of the molecule is O=c1ccc2cc(S(=O)Nc3ccon3)ccc2n1-c1ccc(-c2cc(F)cc(F)c2)cc1C1CC1. The normalized spacial score (nSPS) is 14.2. The second-order valence-corrected chi connectivity index (χ2v) is 9.90. The lowest BCUT2D eigenvalue weighted by atomic mass is 9.98. The molecule has 1 fully saturated rings. The molecule has 9 heteroatoms. The van der Waals surface area contributed by atoms with Gasteiger partial charge in [0, 0.05) is 23.6 Å². The van der Waals surface area contributed by atoms with Crippen LogP contribution in [0.15, 0.2) is 93.3 Å². The average molecular weight is 504 g/mol. The Morgan fingerprint density at radius 3 is 2.44 bits per heavy atom. The molecule has 3 aromatic carbocycles. The van der Waals surface area contributed by atoms with Gasteiger partial charge >= 0.3 is 0 Å². The van der Waals surface area contributed by atoms with Crippen LogP contribution in [0, 0.1) is 11.6 Å². The van der Waals surface area contributed by atoms with Crippen LogP contribution in [0.1, 0.15) is 24.3 Å². The zero-order valence-electron chi connectivity index (χ0n) is 18.8. The maximum Gasteiger partial charge on any atom is 0.255 e. The molecule has 0 amide bonds. The van der Waals surface area contributed by atoms with E-state index >= 15 is 0 Å². The first-order chi connectivity index (χ1) is 17.5. The summed E-state index contributed by atoms with van der Waals surface area (Å²) in [6.07, 6.45) is 3.33. The summed E-state index contributed by atoms with van der Waals surface area (Å²) in [5.41, 5.74) is 3.26. The van der Waals surface area contributed by atoms with Crippen molar-refractivity contribution in [1.82, 2.24) is 9.72 Å². The fourth-order valence-electron chi connectivity index (χ4n) is 4.39. The van der Waals surface area contributed by atoms with E-state index in [-0.39, 0.29) is 11.5 Å². The highest BCUT2D eigenvalue weighted by Crippen LogP contribution is 2.44. The third kappa shape index (κ3) is 4.22. The summed E-state index contributed by atoms with van der Waals surface area (Å²) in [7, 11) is -1.58. The highest BCUT2D eigenvalue weighted by Gasteiger charge is 2.28. The van der Waals surface area contributed by atoms with Crippen molar-refractivity contribution in [3.8, 4) is 16.8 Å². The highest BCUT2D eigenvalue weighted by molar-refractivity contribution is 7.86. The van der Waals surface area contributed by atoms with E-state index in [9.17, 15) is 17.8 Å². The van der Waals surface area contributed by atoms with E-state index in [1.54, 1.807) is 41.0 Å². The van der Waals surface area contributed by atoms with Gasteiger partial charge in [0.1, 0.15) is 17.9 Å². The van der Waals surface area contributed by atoms with E-state index in [1.165, 1.54) is 24.5 Å². The molecule has 0 spiro atoms. The number of hydrogen-bond donors (Lipinski definition) is 1. The molecule has 1 atom stereocenters. The zero-order valence-corrected chi connectivity index (χ0v) is 19.6. The van der Waals surface area contributed by atoms with Gasteiger partial charge in [0.25, 0.3) is 5.56 Å². The molecule has 1 aliphatic carbocycles. The number of nitrogens with zero attached hydrogens (tertiary/aromatic N) is 2. The van der Waals surface area contributed by atoms with E-state index in [0.717, 1.165) is 35.5 Å². The second-order valence-electron chi connectivity index (χ2n) is 8.69. The van der Waals surface area contributed by atoms with Gasteiger partial charge in [-0.2, -0.15) is 0 Å². The van der Waals surface area contributed by atoms with Crippen LogP contribution in [-0.2, 0) is 11.0 Å². The summed E-state index contributed by atoms with van der Waals surface area (Å²) >= 11 is 0. The minimum atomic E-state index is -1.58. The molecule has 0 bridgehead atoms. The summed E-state index contributed by atoms with van der Waals surface area (Å²) in [5.74, 6) is -0.665. The number of halogens is 2. The van der Waals surface area contributed by atoms with Gasteiger partial charge in [0.15, 0.2) is 16.8 Å². The van der Waals surface area contributed by atoms with Crippen LogP contribution in [-0.4, -0.2) is 13.9 Å². The van der Waals surface area contributed by atoms with Crippen LogP contribution >= 0.6 is 0 Å². The van der Waals surface area contributed by atoms with Crippen LogP contribution < -0.4 is 10.3 Å². The van der Waals surface area contributed by atoms with Gasteiger partial charge in [-0.25, -0.2) is 13.0 Å². The topological polar surface area (TPSA) is 77.1 Å². The van der Waals surface area contributed by atoms with E-state index in [1.807, 2.05) is 12.1 Å². The fourth-order valence-corrected chi connectivity index (χ4v) is 5.23. The van der Waals surface area contributed by atoms with Gasteiger partial charge in [-0.3, -0.25) is 14.1 Å². The van der Waals surface area contributed by atoms with Crippen molar-refractivity contribution >= 4 is 27.7 Å². The number of nitrogens with one attached hydrogen (secondary N) is 1. The molecule has 2 heterocycles. The molecule has 0 aliphatic heterocycles. The molecule has 0 radical (unpaired) electrons. The van der Waals surface area contributed by atoms with Gasteiger partial charge in [0.05, 0.1) is 16.1 Å². The Morgan fingerprint density at radius 2 is 1.72 bits per heavy atom. The van der Waals surface area contributed by atoms with E-state index in [0.29, 0.717) is 27.4 Å². The lowest BCUT2D eigenvalue weighted by Gasteiger charge is -2.17. The summed E-state index contributed by atoms with van der Waals surface area (Å²) in [4.78, 5) is 13.6. The Balaban J connectivity index is 1.45. The van der Waals surface area contributed by atoms with Crippen molar-refractivity contribution in [1.29, 1.82) is 0 Å². The van der Waals surface area contributed by atoms with Gasteiger partial charge < -0.3 is 4.52 Å². The Kier molecular flexibility index (Phi) is 5.49. The van der Waals surface area contributed by atoms with Gasteiger partial charge in [-0.05, 0) is 84.0 Å². The quantitative estimate of drug-likeness (QED) is 0.311. The number of hydrogen-bond acceptors (Lipinski definition) is 4. The number of benzene rings is 3. The molecule has 1 saturated carbocycles. The fraction of sp³-hybridized carbons (Fsp3) is 0.111. The monoisotopic (exact) mass is 503 g/mol. The summed E-state index contributed by atoms with van der Waals surface area (Å²) in [6.45, 7) is 0. The predicted molar refractivity (Wildman–Crippen MR) is 133 cm³/mol. The van der Waals surface area contributed by atoms with Crippen LogP contribution in [0.5, 0.6) is 0 Å². The Labute approximate surface area is 206 Å². The molecule has 6 rings (SSSR count). The van der Waals surface area contributed by atoms with Gasteiger partial charge in [-0.15, -0.1) is 0 Å². The third-order valence-electron chi connectivity index (χ3n) is 6.20. The number of anilines is 1. The summed E-state index contributed by atoms with van der Waals surface area (Å²) < 4.78 is 49.6. The smallest absolute Gasteiger partial charge is 0.255 e. The largest absolute Gasteiger partial charge is 0.363 e. The predicted octanol–water partition coefficient (Wildman–Crippen LogP) is 5.94. The van der Waals surface area contributed by atoms with Crippen LogP contribution in [0.3, 0.4) is 0 Å². The Bertz CT molecular complexity index is 1670. The molecule has 1 aliphatic rings.